The van der Waals surface area contributed by atoms with E-state index in [9.17, 15) is 24.3 Å². The van der Waals surface area contributed by atoms with Crippen LogP contribution in [0.1, 0.15) is 65.9 Å². The topological polar surface area (TPSA) is 156 Å². The molecule has 1 aromatic carbocycles. The number of carbonyl (C=O) groups excluding carboxylic acids is 4. The van der Waals surface area contributed by atoms with E-state index >= 15 is 0 Å². The monoisotopic (exact) mass is 719 g/mol. The molecule has 1 aromatic rings. The van der Waals surface area contributed by atoms with E-state index in [2.05, 4.69) is 5.32 Å². The summed E-state index contributed by atoms with van der Waals surface area (Å²) in [7, 11) is 6.03. The number of hydrogen-bond donors (Lipinski definition) is 2. The molecule has 3 amide bonds. The van der Waals surface area contributed by atoms with Crippen LogP contribution in [0.5, 0.6) is 5.75 Å². The van der Waals surface area contributed by atoms with Crippen LogP contribution in [0, 0.1) is 5.92 Å². The lowest BCUT2D eigenvalue weighted by molar-refractivity contribution is -0.162. The lowest BCUT2D eigenvalue weighted by Crippen LogP contribution is -2.63. The van der Waals surface area contributed by atoms with Gasteiger partial charge < -0.3 is 38.6 Å². The number of fused-ring (bicyclic) bond motifs is 5. The van der Waals surface area contributed by atoms with Gasteiger partial charge in [0, 0.05) is 40.0 Å². The Kier molecular flexibility index (Phi) is 12.3. The molecule has 2 saturated heterocycles. The van der Waals surface area contributed by atoms with Crippen LogP contribution in [0.3, 0.4) is 0 Å². The van der Waals surface area contributed by atoms with Gasteiger partial charge in [-0.25, -0.2) is 9.59 Å². The first-order valence-corrected chi connectivity index (χ1v) is 17.2. The summed E-state index contributed by atoms with van der Waals surface area (Å²) in [6.07, 6.45) is 1.91. The third-order valence-electron chi connectivity index (χ3n) is 9.99. The number of halogens is 1. The number of esters is 1. The molecule has 4 unspecified atom stereocenters. The Morgan fingerprint density at radius 3 is 2.60 bits per heavy atom. The Bertz CT molecular complexity index is 1530. The molecule has 14 heteroatoms. The molecule has 4 bridgehead atoms. The van der Waals surface area contributed by atoms with Gasteiger partial charge in [0.15, 0.2) is 5.72 Å². The SMILES string of the molecule is CCCC(=O)N(C)C(C)C(=O)O[C@H]1CC(=O)N(C)c2cc(cc(OC)c2Cl)C/C(C)=C/C=C/[C@@H](OC)[C@@]2(O)CC(OC(=O)N2)[C@@H](C)C2OC21C. The van der Waals surface area contributed by atoms with Gasteiger partial charge in [0.2, 0.25) is 11.8 Å². The number of alkyl carbamates (subject to hydrolysis) is 1. The van der Waals surface area contributed by atoms with Crippen molar-refractivity contribution in [2.24, 2.45) is 5.92 Å². The van der Waals surface area contributed by atoms with Gasteiger partial charge in [-0.15, -0.1) is 0 Å². The maximum atomic E-state index is 14.0. The van der Waals surface area contributed by atoms with Gasteiger partial charge in [-0.05, 0) is 51.3 Å². The summed E-state index contributed by atoms with van der Waals surface area (Å²) >= 11 is 6.74. The van der Waals surface area contributed by atoms with Crippen LogP contribution in [0.25, 0.3) is 0 Å². The van der Waals surface area contributed by atoms with Gasteiger partial charge in [0.25, 0.3) is 0 Å². The molecule has 0 radical (unpaired) electrons. The molecule has 276 valence electrons. The number of amides is 3. The molecule has 0 spiro atoms. The maximum absolute atomic E-state index is 14.0. The number of carbonyl (C=O) groups is 4. The number of nitrogens with zero attached hydrogens (tertiary/aromatic N) is 2. The van der Waals surface area contributed by atoms with Crippen molar-refractivity contribution in [3.05, 3.63) is 46.5 Å². The van der Waals surface area contributed by atoms with Crippen LogP contribution >= 0.6 is 11.6 Å². The van der Waals surface area contributed by atoms with Crippen molar-refractivity contribution in [3.8, 4) is 5.75 Å². The normalized spacial score (nSPS) is 32.3. The number of nitrogens with one attached hydrogen (secondary N) is 1. The first kappa shape index (κ1) is 39.1. The zero-order chi connectivity index (χ0) is 37.1. The molecule has 0 aromatic heterocycles. The molecule has 13 nitrogen and oxygen atoms in total. The zero-order valence-corrected chi connectivity index (χ0v) is 31.0. The van der Waals surface area contributed by atoms with Crippen molar-refractivity contribution in [2.75, 3.05) is 33.2 Å². The molecule has 2 fully saturated rings. The number of epoxide rings is 1. The van der Waals surface area contributed by atoms with Crippen molar-refractivity contribution >= 4 is 41.2 Å². The van der Waals surface area contributed by atoms with Gasteiger partial charge in [0.1, 0.15) is 40.7 Å². The number of likely N-dealkylation sites (N-methyl/N-ethyl adjacent to an activating group) is 1. The quantitative estimate of drug-likeness (QED) is 0.308. The number of hydrogen-bond acceptors (Lipinski definition) is 10. The number of rotatable bonds is 7. The minimum Gasteiger partial charge on any atom is -0.495 e. The summed E-state index contributed by atoms with van der Waals surface area (Å²) in [5.74, 6) is -1.49. The maximum Gasteiger partial charge on any atom is 0.409 e. The first-order valence-electron chi connectivity index (χ1n) is 16.8. The van der Waals surface area contributed by atoms with E-state index < -0.39 is 65.7 Å². The Morgan fingerprint density at radius 2 is 1.96 bits per heavy atom. The largest absolute Gasteiger partial charge is 0.495 e. The van der Waals surface area contributed by atoms with Crippen molar-refractivity contribution in [3.63, 3.8) is 0 Å². The number of methoxy groups -OCH3 is 2. The Morgan fingerprint density at radius 1 is 1.26 bits per heavy atom. The number of benzene rings is 1. The highest BCUT2D eigenvalue weighted by Gasteiger charge is 2.64. The third-order valence-corrected chi connectivity index (χ3v) is 10.4. The molecule has 3 aliphatic heterocycles. The van der Waals surface area contributed by atoms with Gasteiger partial charge in [-0.2, -0.15) is 0 Å². The predicted octanol–water partition coefficient (Wildman–Crippen LogP) is 4.31. The fourth-order valence-electron chi connectivity index (χ4n) is 6.61. The molecule has 3 aliphatic rings. The molecular formula is C36H50ClN3O10. The Hall–Kier alpha value is -3.65. The van der Waals surface area contributed by atoms with E-state index in [1.807, 2.05) is 19.9 Å². The smallest absolute Gasteiger partial charge is 0.409 e. The second-order valence-corrected chi connectivity index (χ2v) is 14.0. The molecule has 8 atom stereocenters. The van der Waals surface area contributed by atoms with Crippen LogP contribution in [-0.4, -0.2) is 104 Å². The highest BCUT2D eigenvalue weighted by Crippen LogP contribution is 2.49. The molecular weight excluding hydrogens is 670 g/mol. The van der Waals surface area contributed by atoms with Crippen LogP contribution in [0.4, 0.5) is 10.5 Å². The van der Waals surface area contributed by atoms with Crippen molar-refractivity contribution in [2.45, 2.75) is 109 Å². The van der Waals surface area contributed by atoms with E-state index in [0.717, 1.165) is 11.1 Å². The Balaban J connectivity index is 1.78. The summed E-state index contributed by atoms with van der Waals surface area (Å²) in [6.45, 7) is 8.88. The van der Waals surface area contributed by atoms with Crippen molar-refractivity contribution in [1.82, 2.24) is 10.2 Å². The average Bonchev–Trinajstić information content (AvgIpc) is 3.76. The van der Waals surface area contributed by atoms with Gasteiger partial charge in [-0.1, -0.05) is 49.2 Å². The summed E-state index contributed by atoms with van der Waals surface area (Å²) in [5, 5.41) is 14.4. The molecule has 3 heterocycles. The lowest BCUT2D eigenvalue weighted by Gasteiger charge is -2.42. The summed E-state index contributed by atoms with van der Waals surface area (Å²) in [4.78, 5) is 55.7. The minimum atomic E-state index is -1.82. The second kappa shape index (κ2) is 15.7. The van der Waals surface area contributed by atoms with E-state index in [4.69, 9.17) is 35.3 Å². The minimum absolute atomic E-state index is 0.0426. The van der Waals surface area contributed by atoms with Crippen LogP contribution in [0.15, 0.2) is 35.9 Å². The molecule has 4 rings (SSSR count). The Labute approximate surface area is 298 Å². The van der Waals surface area contributed by atoms with Gasteiger partial charge in [-0.3, -0.25) is 14.9 Å². The highest BCUT2D eigenvalue weighted by atomic mass is 35.5. The number of ether oxygens (including phenoxy) is 5. The highest BCUT2D eigenvalue weighted by molar-refractivity contribution is 6.35. The number of anilines is 1. The predicted molar refractivity (Wildman–Crippen MR) is 186 cm³/mol. The van der Waals surface area contributed by atoms with Gasteiger partial charge in [0.05, 0.1) is 25.3 Å². The van der Waals surface area contributed by atoms with Gasteiger partial charge >= 0.3 is 12.1 Å². The number of aliphatic hydroxyl groups is 1. The van der Waals surface area contributed by atoms with E-state index in [1.165, 1.54) is 31.1 Å². The third kappa shape index (κ3) is 8.28. The van der Waals surface area contributed by atoms with Crippen LogP contribution in [-0.2, 0) is 39.8 Å². The second-order valence-electron chi connectivity index (χ2n) is 13.7. The fraction of sp³-hybridized carbons (Fsp3) is 0.611. The lowest BCUT2D eigenvalue weighted by atomic mass is 9.83. The molecule has 50 heavy (non-hydrogen) atoms. The van der Waals surface area contributed by atoms with Crippen LogP contribution in [0.2, 0.25) is 5.02 Å². The van der Waals surface area contributed by atoms with Crippen molar-refractivity contribution < 1.29 is 48.0 Å². The standard InChI is InChI=1S/C36H50ClN3O10/c1-10-12-29(41)39(6)22(4)33(43)49-28-18-30(42)40(7)24-16-23(17-25(46-8)31(24)37)15-20(2)13-11-14-27(47-9)36(45)19-26(48-34(44)38-36)21(3)32-35(28,5)50-32/h11,13-14,16-17,21-22,26-28,32,45H,10,12,15,18-19H2,1-9H3,(H,38,44)/b14-11+,20-13+/t21-,22?,26?,27-,28+,32?,35?,36+/m1/s1. The summed E-state index contributed by atoms with van der Waals surface area (Å²) in [6, 6.07) is 2.65. The average molecular weight is 720 g/mol. The van der Waals surface area contributed by atoms with Crippen LogP contribution < -0.4 is 15.0 Å². The number of allylic oxidation sites excluding steroid dienone is 3. The molecule has 0 aliphatic carbocycles. The zero-order valence-electron chi connectivity index (χ0n) is 30.3. The van der Waals surface area contributed by atoms with E-state index in [-0.39, 0.29) is 30.2 Å². The van der Waals surface area contributed by atoms with E-state index in [0.29, 0.717) is 24.3 Å². The van der Waals surface area contributed by atoms with E-state index in [1.54, 1.807) is 52.1 Å². The first-order chi connectivity index (χ1) is 23.5. The summed E-state index contributed by atoms with van der Waals surface area (Å²) in [5.41, 5.74) is -0.868. The molecule has 2 N–H and O–H groups in total. The fourth-order valence-corrected chi connectivity index (χ4v) is 6.92. The van der Waals surface area contributed by atoms with Crippen molar-refractivity contribution in [1.29, 1.82) is 0 Å². The molecule has 0 saturated carbocycles. The summed E-state index contributed by atoms with van der Waals surface area (Å²) < 4.78 is 29.1.